The van der Waals surface area contributed by atoms with Gasteiger partial charge in [0.2, 0.25) is 11.8 Å². The Morgan fingerprint density at radius 1 is 1.32 bits per heavy atom. The van der Waals surface area contributed by atoms with E-state index in [1.54, 1.807) is 24.2 Å². The zero-order valence-corrected chi connectivity index (χ0v) is 14.5. The Bertz CT molecular complexity index is 850. The molecule has 1 aromatic carbocycles. The van der Waals surface area contributed by atoms with Crippen LogP contribution in [0, 0.1) is 6.92 Å². The predicted octanol–water partition coefficient (Wildman–Crippen LogP) is 1.96. The Kier molecular flexibility index (Phi) is 4.95. The van der Waals surface area contributed by atoms with Gasteiger partial charge in [0.05, 0.1) is 18.4 Å². The van der Waals surface area contributed by atoms with Gasteiger partial charge in [-0.05, 0) is 26.1 Å². The Balaban J connectivity index is 1.63. The van der Waals surface area contributed by atoms with Crippen molar-refractivity contribution in [3.63, 3.8) is 0 Å². The molecule has 130 valence electrons. The highest BCUT2D eigenvalue weighted by atomic mass is 16.3. The molecule has 1 unspecified atom stereocenters. The number of hydrogen-bond donors (Lipinski definition) is 2. The molecule has 0 saturated heterocycles. The number of benzene rings is 1. The monoisotopic (exact) mass is 339 g/mol. The van der Waals surface area contributed by atoms with Crippen LogP contribution < -0.4 is 10.6 Å². The Hall–Kier alpha value is -2.93. The zero-order valence-electron chi connectivity index (χ0n) is 14.5. The highest BCUT2D eigenvalue weighted by Crippen LogP contribution is 2.19. The van der Waals surface area contributed by atoms with Crippen LogP contribution in [0.4, 0.5) is 0 Å². The molecule has 2 N–H and O–H groups in total. The van der Waals surface area contributed by atoms with Crippen LogP contribution in [0.15, 0.2) is 47.3 Å². The summed E-state index contributed by atoms with van der Waals surface area (Å²) in [6.45, 7) is 2.33. The van der Waals surface area contributed by atoms with Gasteiger partial charge in [-0.25, -0.2) is 4.98 Å². The molecule has 3 rings (SSSR count). The maximum Gasteiger partial charge on any atom is 0.242 e. The fourth-order valence-electron chi connectivity index (χ4n) is 2.53. The lowest BCUT2D eigenvalue weighted by Gasteiger charge is -2.13. The second-order valence-corrected chi connectivity index (χ2v) is 5.90. The van der Waals surface area contributed by atoms with E-state index in [2.05, 4.69) is 20.7 Å². The van der Waals surface area contributed by atoms with Gasteiger partial charge in [0.25, 0.3) is 0 Å². The molecule has 0 aliphatic rings. The fourth-order valence-corrected chi connectivity index (χ4v) is 2.53. The van der Waals surface area contributed by atoms with E-state index in [0.29, 0.717) is 18.1 Å². The minimum atomic E-state index is -0.461. The van der Waals surface area contributed by atoms with E-state index in [0.717, 1.165) is 11.1 Å². The van der Waals surface area contributed by atoms with Gasteiger partial charge in [-0.1, -0.05) is 17.7 Å². The number of carbonyl (C=O) groups excluding carboxylic acids is 1. The molecule has 2 heterocycles. The maximum absolute atomic E-state index is 12.4. The van der Waals surface area contributed by atoms with Crippen molar-refractivity contribution in [1.29, 1.82) is 0 Å². The van der Waals surface area contributed by atoms with Gasteiger partial charge in [-0.15, -0.1) is 0 Å². The van der Waals surface area contributed by atoms with E-state index in [1.165, 1.54) is 5.56 Å². The summed E-state index contributed by atoms with van der Waals surface area (Å²) >= 11 is 0. The van der Waals surface area contributed by atoms with E-state index in [-0.39, 0.29) is 5.91 Å². The van der Waals surface area contributed by atoms with Crippen LogP contribution in [0.5, 0.6) is 0 Å². The summed E-state index contributed by atoms with van der Waals surface area (Å²) in [7, 11) is 3.55. The molecule has 2 aromatic heterocycles. The normalized spacial score (nSPS) is 12.1. The third-order valence-corrected chi connectivity index (χ3v) is 3.90. The number of rotatable bonds is 6. The topological polar surface area (TPSA) is 85.0 Å². The minimum absolute atomic E-state index is 0.143. The molecule has 0 saturated carbocycles. The minimum Gasteiger partial charge on any atom is -0.444 e. The predicted molar refractivity (Wildman–Crippen MR) is 93.5 cm³/mol. The van der Waals surface area contributed by atoms with Crippen LogP contribution in [-0.4, -0.2) is 27.7 Å². The summed E-state index contributed by atoms with van der Waals surface area (Å²) in [5, 5.41) is 9.96. The van der Waals surface area contributed by atoms with Crippen LogP contribution in [0.25, 0.3) is 11.5 Å². The summed E-state index contributed by atoms with van der Waals surface area (Å²) in [5.41, 5.74) is 3.57. The van der Waals surface area contributed by atoms with Crippen molar-refractivity contribution < 1.29 is 9.21 Å². The smallest absolute Gasteiger partial charge is 0.242 e. The van der Waals surface area contributed by atoms with Crippen molar-refractivity contribution in [3.8, 4) is 11.5 Å². The molecule has 0 bridgehead atoms. The number of nitrogens with one attached hydrogen (secondary N) is 2. The molecule has 0 aliphatic heterocycles. The van der Waals surface area contributed by atoms with Crippen LogP contribution in [0.3, 0.4) is 0 Å². The first-order valence-corrected chi connectivity index (χ1v) is 8.02. The Morgan fingerprint density at radius 3 is 2.72 bits per heavy atom. The first-order chi connectivity index (χ1) is 12.1. The van der Waals surface area contributed by atoms with Crippen molar-refractivity contribution in [3.05, 3.63) is 59.7 Å². The number of likely N-dealkylation sites (N-methyl/N-ethyl adjacent to an activating group) is 1. The average Bonchev–Trinajstić information content (AvgIpc) is 3.24. The number of nitrogens with zero attached hydrogens (tertiary/aromatic N) is 3. The lowest BCUT2D eigenvalue weighted by Crippen LogP contribution is -2.35. The van der Waals surface area contributed by atoms with Gasteiger partial charge < -0.3 is 15.1 Å². The molecule has 0 aliphatic carbocycles. The summed E-state index contributed by atoms with van der Waals surface area (Å²) in [6, 6.07) is 7.47. The van der Waals surface area contributed by atoms with E-state index in [4.69, 9.17) is 4.42 Å². The SMILES string of the molecule is CNC(C(=O)NCc1coc(-c2ccc(C)cc2)n1)c1cnn(C)c1. The van der Waals surface area contributed by atoms with E-state index in [9.17, 15) is 4.79 Å². The number of hydrogen-bond acceptors (Lipinski definition) is 5. The summed E-state index contributed by atoms with van der Waals surface area (Å²) in [6.07, 6.45) is 5.05. The molecule has 0 fully saturated rings. The van der Waals surface area contributed by atoms with Crippen LogP contribution in [0.1, 0.15) is 22.9 Å². The van der Waals surface area contributed by atoms with Gasteiger partial charge in [-0.3, -0.25) is 9.48 Å². The van der Waals surface area contributed by atoms with Gasteiger partial charge in [-0.2, -0.15) is 5.10 Å². The second kappa shape index (κ2) is 7.31. The molecular weight excluding hydrogens is 318 g/mol. The number of aromatic nitrogens is 3. The fraction of sp³-hybridized carbons (Fsp3) is 0.278. The highest BCUT2D eigenvalue weighted by Gasteiger charge is 2.20. The maximum atomic E-state index is 12.4. The first-order valence-electron chi connectivity index (χ1n) is 8.02. The molecule has 1 amide bonds. The lowest BCUT2D eigenvalue weighted by atomic mass is 10.1. The Morgan fingerprint density at radius 2 is 2.08 bits per heavy atom. The third kappa shape index (κ3) is 3.95. The summed E-state index contributed by atoms with van der Waals surface area (Å²) in [4.78, 5) is 16.8. The molecule has 7 heteroatoms. The number of aryl methyl sites for hydroxylation is 2. The molecule has 3 aromatic rings. The molecule has 1 atom stereocenters. The van der Waals surface area contributed by atoms with Gasteiger partial charge >= 0.3 is 0 Å². The second-order valence-electron chi connectivity index (χ2n) is 5.90. The largest absolute Gasteiger partial charge is 0.444 e. The zero-order chi connectivity index (χ0) is 17.8. The van der Waals surface area contributed by atoms with Crippen molar-refractivity contribution >= 4 is 5.91 Å². The standard InChI is InChI=1S/C18H21N5O2/c1-12-4-6-13(7-5-12)18-22-15(11-25-18)9-20-17(24)16(19-2)14-8-21-23(3)10-14/h4-8,10-11,16,19H,9H2,1-3H3,(H,20,24). The van der Waals surface area contributed by atoms with Crippen LogP contribution in [-0.2, 0) is 18.4 Å². The average molecular weight is 339 g/mol. The van der Waals surface area contributed by atoms with E-state index < -0.39 is 6.04 Å². The lowest BCUT2D eigenvalue weighted by molar-refractivity contribution is -0.123. The number of oxazole rings is 1. The molecule has 25 heavy (non-hydrogen) atoms. The molecule has 0 radical (unpaired) electrons. The molecule has 0 spiro atoms. The summed E-state index contributed by atoms with van der Waals surface area (Å²) < 4.78 is 7.17. The Labute approximate surface area is 146 Å². The highest BCUT2D eigenvalue weighted by molar-refractivity contribution is 5.82. The van der Waals surface area contributed by atoms with E-state index in [1.807, 2.05) is 44.4 Å². The van der Waals surface area contributed by atoms with Crippen molar-refractivity contribution in [2.75, 3.05) is 7.05 Å². The quantitative estimate of drug-likeness (QED) is 0.717. The van der Waals surface area contributed by atoms with Crippen molar-refractivity contribution in [2.24, 2.45) is 7.05 Å². The molecule has 7 nitrogen and oxygen atoms in total. The number of amides is 1. The third-order valence-electron chi connectivity index (χ3n) is 3.90. The van der Waals surface area contributed by atoms with Gasteiger partial charge in [0.1, 0.15) is 12.3 Å². The molecular formula is C18H21N5O2. The summed E-state index contributed by atoms with van der Waals surface area (Å²) in [5.74, 6) is 0.400. The first kappa shape index (κ1) is 16.9. The van der Waals surface area contributed by atoms with Gasteiger partial charge in [0.15, 0.2) is 0 Å². The van der Waals surface area contributed by atoms with Crippen LogP contribution >= 0.6 is 0 Å². The van der Waals surface area contributed by atoms with E-state index >= 15 is 0 Å². The van der Waals surface area contributed by atoms with Crippen molar-refractivity contribution in [1.82, 2.24) is 25.4 Å². The number of carbonyl (C=O) groups is 1. The van der Waals surface area contributed by atoms with Crippen molar-refractivity contribution in [2.45, 2.75) is 19.5 Å². The van der Waals surface area contributed by atoms with Crippen LogP contribution in [0.2, 0.25) is 0 Å². The van der Waals surface area contributed by atoms with Gasteiger partial charge in [0, 0.05) is 24.4 Å².